The molecular formula is C14H15ClN4O. The summed E-state index contributed by atoms with van der Waals surface area (Å²) in [5.74, 6) is 0.676. The molecule has 6 heteroatoms. The van der Waals surface area contributed by atoms with Gasteiger partial charge in [0.15, 0.2) is 5.82 Å². The molecule has 2 aromatic rings. The number of ether oxygens (including phenoxy) is 1. The molecule has 0 saturated carbocycles. The molecule has 3 rings (SSSR count). The standard InChI is InChI=1S/C14H15ClN4O/c1-20-14-17-9-11(15)13(18-14)19-7-6-16-8-10-4-2-3-5-12(10)19/h2-5,9,16H,6-8H2,1H3. The average molecular weight is 291 g/mol. The van der Waals surface area contributed by atoms with Crippen LogP contribution in [0.2, 0.25) is 5.02 Å². The van der Waals surface area contributed by atoms with Crippen molar-refractivity contribution in [2.45, 2.75) is 6.54 Å². The van der Waals surface area contributed by atoms with Crippen LogP contribution >= 0.6 is 11.6 Å². The first kappa shape index (κ1) is 13.1. The molecule has 1 N–H and O–H groups in total. The number of aromatic nitrogens is 2. The number of hydrogen-bond donors (Lipinski definition) is 1. The van der Waals surface area contributed by atoms with Crippen molar-refractivity contribution in [3.63, 3.8) is 0 Å². The summed E-state index contributed by atoms with van der Waals surface area (Å²) in [7, 11) is 1.55. The minimum Gasteiger partial charge on any atom is -0.467 e. The second-order valence-corrected chi connectivity index (χ2v) is 4.89. The van der Waals surface area contributed by atoms with E-state index in [2.05, 4.69) is 32.3 Å². The van der Waals surface area contributed by atoms with Gasteiger partial charge in [-0.15, -0.1) is 0 Å². The van der Waals surface area contributed by atoms with Gasteiger partial charge in [-0.1, -0.05) is 29.8 Å². The molecule has 2 heterocycles. The molecule has 0 bridgehead atoms. The summed E-state index contributed by atoms with van der Waals surface area (Å²) in [5.41, 5.74) is 2.33. The fourth-order valence-corrected chi connectivity index (χ4v) is 2.50. The lowest BCUT2D eigenvalue weighted by Crippen LogP contribution is -2.25. The van der Waals surface area contributed by atoms with Crippen molar-refractivity contribution in [2.75, 3.05) is 25.1 Å². The quantitative estimate of drug-likeness (QED) is 0.920. The van der Waals surface area contributed by atoms with E-state index in [0.29, 0.717) is 16.9 Å². The van der Waals surface area contributed by atoms with E-state index >= 15 is 0 Å². The summed E-state index contributed by atoms with van der Waals surface area (Å²) < 4.78 is 5.10. The van der Waals surface area contributed by atoms with Crippen molar-refractivity contribution in [3.05, 3.63) is 41.0 Å². The fourth-order valence-electron chi connectivity index (χ4n) is 2.31. The fraction of sp³-hybridized carbons (Fsp3) is 0.286. The maximum absolute atomic E-state index is 6.26. The largest absolute Gasteiger partial charge is 0.467 e. The van der Waals surface area contributed by atoms with Crippen LogP contribution in [0, 0.1) is 0 Å². The van der Waals surface area contributed by atoms with Gasteiger partial charge in [-0.2, -0.15) is 4.98 Å². The van der Waals surface area contributed by atoms with Gasteiger partial charge >= 0.3 is 6.01 Å². The van der Waals surface area contributed by atoms with Crippen LogP contribution in [0.5, 0.6) is 6.01 Å². The molecule has 0 unspecified atom stereocenters. The third-order valence-electron chi connectivity index (χ3n) is 3.25. The third kappa shape index (κ3) is 2.42. The Morgan fingerprint density at radius 1 is 1.35 bits per heavy atom. The summed E-state index contributed by atoms with van der Waals surface area (Å²) in [6.07, 6.45) is 1.57. The minimum absolute atomic E-state index is 0.319. The highest BCUT2D eigenvalue weighted by Crippen LogP contribution is 2.33. The minimum atomic E-state index is 0.319. The lowest BCUT2D eigenvalue weighted by molar-refractivity contribution is 0.380. The second kappa shape index (κ2) is 5.64. The van der Waals surface area contributed by atoms with Gasteiger partial charge in [0.2, 0.25) is 0 Å². The Labute approximate surface area is 122 Å². The van der Waals surface area contributed by atoms with Crippen LogP contribution in [-0.4, -0.2) is 30.2 Å². The van der Waals surface area contributed by atoms with E-state index < -0.39 is 0 Å². The maximum Gasteiger partial charge on any atom is 0.318 e. The highest BCUT2D eigenvalue weighted by Gasteiger charge is 2.20. The van der Waals surface area contributed by atoms with Gasteiger partial charge in [0.05, 0.1) is 13.3 Å². The molecule has 0 aliphatic carbocycles. The Balaban J connectivity index is 2.09. The molecule has 1 aliphatic rings. The van der Waals surface area contributed by atoms with Gasteiger partial charge in [-0.25, -0.2) is 4.98 Å². The molecule has 0 saturated heterocycles. The maximum atomic E-state index is 6.26. The number of nitrogens with one attached hydrogen (secondary N) is 1. The first-order valence-electron chi connectivity index (χ1n) is 6.42. The second-order valence-electron chi connectivity index (χ2n) is 4.49. The molecule has 104 valence electrons. The Kier molecular flexibility index (Phi) is 3.71. The Morgan fingerprint density at radius 3 is 3.05 bits per heavy atom. The molecule has 0 spiro atoms. The van der Waals surface area contributed by atoms with Gasteiger partial charge in [0.1, 0.15) is 5.02 Å². The van der Waals surface area contributed by atoms with Crippen LogP contribution in [0.1, 0.15) is 5.56 Å². The number of anilines is 2. The summed E-state index contributed by atoms with van der Waals surface area (Å²) >= 11 is 6.26. The number of hydrogen-bond acceptors (Lipinski definition) is 5. The summed E-state index contributed by atoms with van der Waals surface area (Å²) in [5, 5.41) is 3.91. The molecule has 1 aromatic carbocycles. The molecule has 0 atom stereocenters. The molecule has 0 amide bonds. The van der Waals surface area contributed by atoms with E-state index in [0.717, 1.165) is 25.3 Å². The van der Waals surface area contributed by atoms with Gasteiger partial charge in [-0.05, 0) is 11.6 Å². The van der Waals surface area contributed by atoms with E-state index in [1.165, 1.54) is 5.56 Å². The molecule has 5 nitrogen and oxygen atoms in total. The number of methoxy groups -OCH3 is 1. The van der Waals surface area contributed by atoms with E-state index in [4.69, 9.17) is 16.3 Å². The number of halogens is 1. The molecule has 0 fully saturated rings. The topological polar surface area (TPSA) is 50.3 Å². The van der Waals surface area contributed by atoms with E-state index in [1.807, 2.05) is 12.1 Å². The van der Waals surface area contributed by atoms with Crippen molar-refractivity contribution in [1.82, 2.24) is 15.3 Å². The summed E-state index contributed by atoms with van der Waals surface area (Å²) in [4.78, 5) is 10.5. The molecule has 1 aromatic heterocycles. The number of rotatable bonds is 2. The van der Waals surface area contributed by atoms with Crippen molar-refractivity contribution >= 4 is 23.1 Å². The lowest BCUT2D eigenvalue weighted by Gasteiger charge is -2.24. The Hall–Kier alpha value is -1.85. The molecule has 20 heavy (non-hydrogen) atoms. The number of benzene rings is 1. The number of fused-ring (bicyclic) bond motifs is 1. The van der Waals surface area contributed by atoms with Gasteiger partial charge in [0.25, 0.3) is 0 Å². The van der Waals surface area contributed by atoms with Crippen LogP contribution in [0.4, 0.5) is 11.5 Å². The highest BCUT2D eigenvalue weighted by molar-refractivity contribution is 6.33. The highest BCUT2D eigenvalue weighted by atomic mass is 35.5. The third-order valence-corrected chi connectivity index (χ3v) is 3.52. The van der Waals surface area contributed by atoms with Crippen LogP contribution in [0.3, 0.4) is 0 Å². The zero-order valence-electron chi connectivity index (χ0n) is 11.1. The Morgan fingerprint density at radius 2 is 2.20 bits per heavy atom. The zero-order chi connectivity index (χ0) is 13.9. The summed E-state index contributed by atoms with van der Waals surface area (Å²) in [6, 6.07) is 8.55. The van der Waals surface area contributed by atoms with Crippen LogP contribution < -0.4 is 15.0 Å². The predicted molar refractivity (Wildman–Crippen MR) is 78.7 cm³/mol. The van der Waals surface area contributed by atoms with Crippen molar-refractivity contribution in [3.8, 4) is 6.01 Å². The van der Waals surface area contributed by atoms with E-state index in [-0.39, 0.29) is 0 Å². The lowest BCUT2D eigenvalue weighted by atomic mass is 10.1. The van der Waals surface area contributed by atoms with Crippen molar-refractivity contribution in [2.24, 2.45) is 0 Å². The van der Waals surface area contributed by atoms with E-state index in [1.54, 1.807) is 13.3 Å². The van der Waals surface area contributed by atoms with Crippen molar-refractivity contribution in [1.29, 1.82) is 0 Å². The van der Waals surface area contributed by atoms with Crippen LogP contribution in [-0.2, 0) is 6.54 Å². The van der Waals surface area contributed by atoms with Crippen molar-refractivity contribution < 1.29 is 4.74 Å². The van der Waals surface area contributed by atoms with Crippen LogP contribution in [0.15, 0.2) is 30.5 Å². The SMILES string of the molecule is COc1ncc(Cl)c(N2CCNCc3ccccc32)n1. The monoisotopic (exact) mass is 290 g/mol. The predicted octanol–water partition coefficient (Wildman–Crippen LogP) is 2.38. The smallest absolute Gasteiger partial charge is 0.318 e. The first-order valence-corrected chi connectivity index (χ1v) is 6.80. The number of para-hydroxylation sites is 1. The van der Waals surface area contributed by atoms with Gasteiger partial charge in [0, 0.05) is 25.3 Å². The van der Waals surface area contributed by atoms with E-state index in [9.17, 15) is 0 Å². The first-order chi connectivity index (χ1) is 9.79. The molecule has 0 radical (unpaired) electrons. The zero-order valence-corrected chi connectivity index (χ0v) is 11.9. The average Bonchev–Trinajstić information content (AvgIpc) is 2.70. The number of nitrogens with zero attached hydrogens (tertiary/aromatic N) is 3. The normalized spacial score (nSPS) is 14.6. The van der Waals surface area contributed by atoms with Gasteiger partial charge < -0.3 is 15.0 Å². The molecular weight excluding hydrogens is 276 g/mol. The van der Waals surface area contributed by atoms with Crippen LogP contribution in [0.25, 0.3) is 0 Å². The summed E-state index contributed by atoms with van der Waals surface area (Å²) in [6.45, 7) is 2.49. The molecule has 1 aliphatic heterocycles. The Bertz CT molecular complexity index is 620. The van der Waals surface area contributed by atoms with Gasteiger partial charge in [-0.3, -0.25) is 0 Å².